The second kappa shape index (κ2) is 14.6. The van der Waals surface area contributed by atoms with E-state index in [1.54, 1.807) is 0 Å². The highest BCUT2D eigenvalue weighted by atomic mass is 35.5. The van der Waals surface area contributed by atoms with Gasteiger partial charge >= 0.3 is 0 Å². The number of likely N-dealkylation sites (N-methyl/N-ethyl adjacent to an activating group) is 1. The lowest BCUT2D eigenvalue weighted by molar-refractivity contribution is 0.127. The molecule has 0 saturated carbocycles. The van der Waals surface area contributed by atoms with Crippen LogP contribution in [-0.2, 0) is 6.54 Å². The lowest BCUT2D eigenvalue weighted by Crippen LogP contribution is -2.46. The summed E-state index contributed by atoms with van der Waals surface area (Å²) in [6.45, 7) is 13.0. The van der Waals surface area contributed by atoms with Gasteiger partial charge in [-0.1, -0.05) is 30.3 Å². The summed E-state index contributed by atoms with van der Waals surface area (Å²) >= 11 is 11.3. The number of piperazine rings is 2. The van der Waals surface area contributed by atoms with Gasteiger partial charge in [-0.2, -0.15) is 0 Å². The molecular weight excluding hydrogens is 391 g/mol. The van der Waals surface area contributed by atoms with Crippen LogP contribution in [0.4, 0.5) is 0 Å². The molecule has 160 valence electrons. The molecule has 1 aromatic rings. The van der Waals surface area contributed by atoms with E-state index < -0.39 is 0 Å². The van der Waals surface area contributed by atoms with Crippen LogP contribution in [0.3, 0.4) is 0 Å². The highest BCUT2D eigenvalue weighted by Crippen LogP contribution is 2.08. The Bertz CT molecular complexity index is 484. The molecule has 0 aromatic heterocycles. The van der Waals surface area contributed by atoms with Gasteiger partial charge in [-0.15, -0.1) is 23.2 Å². The van der Waals surface area contributed by atoms with Gasteiger partial charge in [0.2, 0.25) is 0 Å². The first-order valence-corrected chi connectivity index (χ1v) is 11.8. The van der Waals surface area contributed by atoms with E-state index in [0.29, 0.717) is 0 Å². The molecule has 0 bridgehead atoms. The van der Waals surface area contributed by atoms with Gasteiger partial charge < -0.3 is 14.7 Å². The van der Waals surface area contributed by atoms with Crippen molar-refractivity contribution >= 4 is 23.2 Å². The molecule has 0 N–H and O–H groups in total. The van der Waals surface area contributed by atoms with Crippen LogP contribution in [0.15, 0.2) is 30.3 Å². The Morgan fingerprint density at radius 2 is 1.14 bits per heavy atom. The van der Waals surface area contributed by atoms with Crippen molar-refractivity contribution in [1.82, 2.24) is 19.6 Å². The summed E-state index contributed by atoms with van der Waals surface area (Å²) in [6, 6.07) is 10.7. The Kier molecular flexibility index (Phi) is 12.5. The van der Waals surface area contributed by atoms with Crippen LogP contribution in [-0.4, -0.2) is 104 Å². The van der Waals surface area contributed by atoms with Crippen LogP contribution in [0.1, 0.15) is 18.4 Å². The molecule has 0 spiro atoms. The number of benzene rings is 1. The number of halogens is 2. The number of nitrogens with zero attached hydrogens (tertiary/aromatic N) is 4. The predicted octanol–water partition coefficient (Wildman–Crippen LogP) is 3.30. The lowest BCUT2D eigenvalue weighted by Gasteiger charge is -2.34. The van der Waals surface area contributed by atoms with E-state index in [9.17, 15) is 0 Å². The van der Waals surface area contributed by atoms with E-state index in [2.05, 4.69) is 57.0 Å². The monoisotopic (exact) mass is 428 g/mol. The summed E-state index contributed by atoms with van der Waals surface area (Å²) in [4.78, 5) is 9.91. The van der Waals surface area contributed by atoms with E-state index in [1.807, 2.05) is 0 Å². The van der Waals surface area contributed by atoms with Crippen LogP contribution in [0.5, 0.6) is 0 Å². The highest BCUT2D eigenvalue weighted by molar-refractivity contribution is 6.18. The molecule has 0 atom stereocenters. The average Bonchev–Trinajstić information content (AvgIpc) is 2.74. The summed E-state index contributed by atoms with van der Waals surface area (Å²) in [5.74, 6) is 1.58. The van der Waals surface area contributed by atoms with Crippen molar-refractivity contribution in [1.29, 1.82) is 0 Å². The van der Waals surface area contributed by atoms with Crippen molar-refractivity contribution in [3.8, 4) is 0 Å². The van der Waals surface area contributed by atoms with E-state index >= 15 is 0 Å². The van der Waals surface area contributed by atoms with Gasteiger partial charge in [-0.25, -0.2) is 0 Å². The highest BCUT2D eigenvalue weighted by Gasteiger charge is 2.16. The molecule has 2 saturated heterocycles. The summed E-state index contributed by atoms with van der Waals surface area (Å²) in [5, 5.41) is 0. The fourth-order valence-electron chi connectivity index (χ4n) is 3.65. The maximum absolute atomic E-state index is 5.72. The van der Waals surface area contributed by atoms with Crippen molar-refractivity contribution in [2.45, 2.75) is 19.4 Å². The largest absolute Gasteiger partial charge is 0.304 e. The molecule has 4 nitrogen and oxygen atoms in total. The van der Waals surface area contributed by atoms with Crippen molar-refractivity contribution in [2.24, 2.45) is 0 Å². The Balaban J connectivity index is 0.000000221. The summed E-state index contributed by atoms with van der Waals surface area (Å²) in [6.07, 6.45) is 2.24. The molecule has 2 aliphatic rings. The minimum Gasteiger partial charge on any atom is -0.304 e. The fourth-order valence-corrected chi connectivity index (χ4v) is 3.89. The SMILES string of the molecule is CN1CCN(CCCCl)CC1.ClCCCN1CCN(Cc2ccccc2)CC1. The molecular formula is C22H38Cl2N4. The second-order valence-corrected chi connectivity index (χ2v) is 8.59. The zero-order valence-electron chi connectivity index (χ0n) is 17.5. The molecule has 2 fully saturated rings. The third kappa shape index (κ3) is 9.91. The zero-order chi connectivity index (χ0) is 20.0. The van der Waals surface area contributed by atoms with Crippen LogP contribution in [0.25, 0.3) is 0 Å². The molecule has 0 aliphatic carbocycles. The fraction of sp³-hybridized carbons (Fsp3) is 0.727. The van der Waals surface area contributed by atoms with Crippen molar-refractivity contribution in [3.63, 3.8) is 0 Å². The van der Waals surface area contributed by atoms with Gasteiger partial charge in [0.15, 0.2) is 0 Å². The summed E-state index contributed by atoms with van der Waals surface area (Å²) in [5.41, 5.74) is 1.42. The Morgan fingerprint density at radius 3 is 1.64 bits per heavy atom. The Hall–Kier alpha value is -0.360. The van der Waals surface area contributed by atoms with Gasteiger partial charge in [-0.05, 0) is 38.5 Å². The smallest absolute Gasteiger partial charge is 0.0235 e. The van der Waals surface area contributed by atoms with Gasteiger partial charge in [0.25, 0.3) is 0 Å². The quantitative estimate of drug-likeness (QED) is 0.588. The first-order valence-electron chi connectivity index (χ1n) is 10.7. The second-order valence-electron chi connectivity index (χ2n) is 7.83. The van der Waals surface area contributed by atoms with E-state index in [0.717, 1.165) is 37.7 Å². The first-order chi connectivity index (χ1) is 13.7. The first kappa shape index (κ1) is 23.9. The minimum atomic E-state index is 0.782. The Labute approximate surface area is 182 Å². The average molecular weight is 429 g/mol. The molecule has 3 rings (SSSR count). The summed E-state index contributed by atoms with van der Waals surface area (Å²) in [7, 11) is 2.18. The molecule has 0 amide bonds. The third-order valence-electron chi connectivity index (χ3n) is 5.53. The van der Waals surface area contributed by atoms with Gasteiger partial charge in [-0.3, -0.25) is 4.90 Å². The van der Waals surface area contributed by atoms with E-state index in [4.69, 9.17) is 23.2 Å². The van der Waals surface area contributed by atoms with E-state index in [-0.39, 0.29) is 0 Å². The third-order valence-corrected chi connectivity index (χ3v) is 6.06. The molecule has 0 unspecified atom stereocenters. The van der Waals surface area contributed by atoms with Crippen molar-refractivity contribution < 1.29 is 0 Å². The molecule has 28 heavy (non-hydrogen) atoms. The molecule has 2 aliphatic heterocycles. The van der Waals surface area contributed by atoms with Gasteiger partial charge in [0, 0.05) is 70.7 Å². The predicted molar refractivity (Wildman–Crippen MR) is 123 cm³/mol. The minimum absolute atomic E-state index is 0.782. The number of hydrogen-bond donors (Lipinski definition) is 0. The topological polar surface area (TPSA) is 13.0 Å². The van der Waals surface area contributed by atoms with Crippen LogP contribution < -0.4 is 0 Å². The standard InChI is InChI=1S/C14H21ClN2.C8H17ClN2/c15-7-4-8-16-9-11-17(12-10-16)13-14-5-2-1-3-6-14;1-10-5-7-11(8-6-10)4-2-3-9/h1-3,5-6H,4,7-13H2;2-8H2,1H3. The van der Waals surface area contributed by atoms with E-state index in [1.165, 1.54) is 64.5 Å². The van der Waals surface area contributed by atoms with Gasteiger partial charge in [0.1, 0.15) is 0 Å². The maximum atomic E-state index is 5.72. The van der Waals surface area contributed by atoms with Gasteiger partial charge in [0.05, 0.1) is 0 Å². The lowest BCUT2D eigenvalue weighted by atomic mass is 10.2. The number of rotatable bonds is 8. The normalized spacial score (nSPS) is 20.0. The molecule has 2 heterocycles. The number of hydrogen-bond acceptors (Lipinski definition) is 4. The molecule has 1 aromatic carbocycles. The Morgan fingerprint density at radius 1 is 0.679 bits per heavy atom. The summed E-state index contributed by atoms with van der Waals surface area (Å²) < 4.78 is 0. The van der Waals surface area contributed by atoms with Crippen LogP contribution >= 0.6 is 23.2 Å². The van der Waals surface area contributed by atoms with Crippen molar-refractivity contribution in [2.75, 3.05) is 84.3 Å². The molecule has 0 radical (unpaired) electrons. The van der Waals surface area contributed by atoms with Crippen LogP contribution in [0, 0.1) is 0 Å². The number of alkyl halides is 2. The molecule has 6 heteroatoms. The van der Waals surface area contributed by atoms with Crippen molar-refractivity contribution in [3.05, 3.63) is 35.9 Å². The zero-order valence-corrected chi connectivity index (χ0v) is 19.0. The van der Waals surface area contributed by atoms with Crippen LogP contribution in [0.2, 0.25) is 0 Å². The maximum Gasteiger partial charge on any atom is 0.0235 e.